The van der Waals surface area contributed by atoms with E-state index in [9.17, 15) is 9.59 Å². The first-order valence-corrected chi connectivity index (χ1v) is 8.77. The summed E-state index contributed by atoms with van der Waals surface area (Å²) in [6, 6.07) is 5.92. The SMILES string of the molecule is CC1=C(C(=O)Nc2c(C)cccc2C)C2(CCCCCC2)OC1=O. The second-order valence-electron chi connectivity index (χ2n) is 7.02. The Bertz CT molecular complexity index is 689. The van der Waals surface area contributed by atoms with E-state index in [1.54, 1.807) is 6.92 Å². The summed E-state index contributed by atoms with van der Waals surface area (Å²) in [6.45, 7) is 5.66. The van der Waals surface area contributed by atoms with Crippen molar-refractivity contribution in [1.82, 2.24) is 0 Å². The van der Waals surface area contributed by atoms with Crippen molar-refractivity contribution in [2.24, 2.45) is 0 Å². The molecule has 0 radical (unpaired) electrons. The van der Waals surface area contributed by atoms with Crippen molar-refractivity contribution in [2.45, 2.75) is 64.9 Å². The number of carbonyl (C=O) groups is 2. The minimum Gasteiger partial charge on any atom is -0.451 e. The second-order valence-corrected chi connectivity index (χ2v) is 7.02. The Labute approximate surface area is 143 Å². The van der Waals surface area contributed by atoms with Crippen LogP contribution in [0.25, 0.3) is 0 Å². The van der Waals surface area contributed by atoms with E-state index in [2.05, 4.69) is 5.32 Å². The molecule has 2 aliphatic rings. The summed E-state index contributed by atoms with van der Waals surface area (Å²) in [6.07, 6.45) is 5.72. The molecule has 1 N–H and O–H groups in total. The molecule has 4 nitrogen and oxygen atoms in total. The van der Waals surface area contributed by atoms with Gasteiger partial charge in [0.2, 0.25) is 0 Å². The Balaban J connectivity index is 1.95. The third-order valence-corrected chi connectivity index (χ3v) is 5.28. The number of aryl methyl sites for hydroxylation is 2. The molecular weight excluding hydrogens is 302 g/mol. The lowest BCUT2D eigenvalue weighted by atomic mass is 9.84. The average Bonchev–Trinajstić information content (AvgIpc) is 2.68. The molecule has 128 valence electrons. The zero-order valence-electron chi connectivity index (χ0n) is 14.7. The fourth-order valence-corrected chi connectivity index (χ4v) is 3.97. The Morgan fingerprint density at radius 3 is 2.21 bits per heavy atom. The predicted octanol–water partition coefficient (Wildman–Crippen LogP) is 4.21. The third kappa shape index (κ3) is 2.85. The van der Waals surface area contributed by atoms with Gasteiger partial charge in [-0.25, -0.2) is 4.79 Å². The van der Waals surface area contributed by atoms with Crippen LogP contribution in [0.5, 0.6) is 0 Å². The van der Waals surface area contributed by atoms with Gasteiger partial charge >= 0.3 is 5.97 Å². The summed E-state index contributed by atoms with van der Waals surface area (Å²) in [5, 5.41) is 3.03. The summed E-state index contributed by atoms with van der Waals surface area (Å²) < 4.78 is 5.74. The number of para-hydroxylation sites is 1. The van der Waals surface area contributed by atoms with Crippen LogP contribution >= 0.6 is 0 Å². The number of anilines is 1. The molecule has 0 saturated heterocycles. The fourth-order valence-electron chi connectivity index (χ4n) is 3.97. The summed E-state index contributed by atoms with van der Waals surface area (Å²) in [5.41, 5.74) is 3.13. The Morgan fingerprint density at radius 2 is 1.62 bits per heavy atom. The smallest absolute Gasteiger partial charge is 0.335 e. The van der Waals surface area contributed by atoms with Crippen LogP contribution < -0.4 is 5.32 Å². The third-order valence-electron chi connectivity index (χ3n) is 5.28. The van der Waals surface area contributed by atoms with Crippen LogP contribution in [0, 0.1) is 13.8 Å². The summed E-state index contributed by atoms with van der Waals surface area (Å²) >= 11 is 0. The van der Waals surface area contributed by atoms with Crippen molar-refractivity contribution in [2.75, 3.05) is 5.32 Å². The highest BCUT2D eigenvalue weighted by atomic mass is 16.6. The molecule has 1 amide bonds. The number of hydrogen-bond acceptors (Lipinski definition) is 3. The highest BCUT2D eigenvalue weighted by Crippen LogP contribution is 2.43. The van der Waals surface area contributed by atoms with Crippen LogP contribution in [0.2, 0.25) is 0 Å². The van der Waals surface area contributed by atoms with E-state index in [1.165, 1.54) is 0 Å². The number of rotatable bonds is 2. The van der Waals surface area contributed by atoms with Gasteiger partial charge < -0.3 is 10.1 Å². The van der Waals surface area contributed by atoms with Gasteiger partial charge in [-0.05, 0) is 57.6 Å². The monoisotopic (exact) mass is 327 g/mol. The second kappa shape index (κ2) is 6.42. The molecule has 1 aromatic carbocycles. The van der Waals surface area contributed by atoms with Crippen molar-refractivity contribution in [3.63, 3.8) is 0 Å². The quantitative estimate of drug-likeness (QED) is 0.828. The maximum Gasteiger partial charge on any atom is 0.335 e. The first kappa shape index (κ1) is 16.7. The van der Waals surface area contributed by atoms with E-state index in [1.807, 2.05) is 32.0 Å². The predicted molar refractivity (Wildman–Crippen MR) is 93.8 cm³/mol. The highest BCUT2D eigenvalue weighted by Gasteiger charge is 2.49. The van der Waals surface area contributed by atoms with Crippen molar-refractivity contribution in [3.8, 4) is 0 Å². The van der Waals surface area contributed by atoms with Gasteiger partial charge in [-0.3, -0.25) is 4.79 Å². The number of esters is 1. The standard InChI is InChI=1S/C20H25NO3/c1-13-9-8-10-14(2)17(13)21-18(22)16-15(3)19(23)24-20(16)11-6-4-5-7-12-20/h8-10H,4-7,11-12H2,1-3H3,(H,21,22). The van der Waals surface area contributed by atoms with Gasteiger partial charge in [-0.15, -0.1) is 0 Å². The van der Waals surface area contributed by atoms with Crippen LogP contribution in [0.1, 0.15) is 56.6 Å². The Hall–Kier alpha value is -2.10. The molecule has 3 rings (SSSR count). The molecule has 1 aliphatic carbocycles. The molecular formula is C20H25NO3. The molecule has 1 spiro atoms. The van der Waals surface area contributed by atoms with Crippen LogP contribution in [0.15, 0.2) is 29.3 Å². The Morgan fingerprint density at radius 1 is 1.04 bits per heavy atom. The van der Waals surface area contributed by atoms with E-state index in [4.69, 9.17) is 4.74 Å². The van der Waals surface area contributed by atoms with Crippen LogP contribution in [-0.2, 0) is 14.3 Å². The van der Waals surface area contributed by atoms with Gasteiger partial charge in [0.15, 0.2) is 0 Å². The van der Waals surface area contributed by atoms with Gasteiger partial charge in [-0.1, -0.05) is 31.0 Å². The molecule has 24 heavy (non-hydrogen) atoms. The zero-order chi connectivity index (χ0) is 17.3. The summed E-state index contributed by atoms with van der Waals surface area (Å²) in [7, 11) is 0. The fraction of sp³-hybridized carbons (Fsp3) is 0.500. The highest BCUT2D eigenvalue weighted by molar-refractivity contribution is 6.13. The van der Waals surface area contributed by atoms with Crippen LogP contribution in [0.3, 0.4) is 0 Å². The minimum absolute atomic E-state index is 0.197. The van der Waals surface area contributed by atoms with Crippen molar-refractivity contribution < 1.29 is 14.3 Å². The normalized spacial score (nSPS) is 20.0. The maximum atomic E-state index is 13.1. The Kier molecular flexibility index (Phi) is 4.48. The topological polar surface area (TPSA) is 55.4 Å². The number of ether oxygens (including phenoxy) is 1. The summed E-state index contributed by atoms with van der Waals surface area (Å²) in [5.74, 6) is -0.541. The molecule has 0 bridgehead atoms. The molecule has 1 aromatic rings. The van der Waals surface area contributed by atoms with Crippen molar-refractivity contribution in [1.29, 1.82) is 0 Å². The van der Waals surface area contributed by atoms with Gasteiger partial charge in [0.05, 0.1) is 5.57 Å². The van der Waals surface area contributed by atoms with Crippen LogP contribution in [0.4, 0.5) is 5.69 Å². The lowest BCUT2D eigenvalue weighted by Crippen LogP contribution is -2.37. The van der Waals surface area contributed by atoms with E-state index in [0.717, 1.165) is 55.3 Å². The molecule has 1 saturated carbocycles. The zero-order valence-corrected chi connectivity index (χ0v) is 14.7. The molecule has 4 heteroatoms. The van der Waals surface area contributed by atoms with E-state index >= 15 is 0 Å². The van der Waals surface area contributed by atoms with E-state index in [-0.39, 0.29) is 11.9 Å². The van der Waals surface area contributed by atoms with Crippen molar-refractivity contribution >= 4 is 17.6 Å². The first-order valence-electron chi connectivity index (χ1n) is 8.77. The van der Waals surface area contributed by atoms with Crippen LogP contribution in [-0.4, -0.2) is 17.5 Å². The number of nitrogens with one attached hydrogen (secondary N) is 1. The largest absolute Gasteiger partial charge is 0.451 e. The number of amides is 1. The van der Waals surface area contributed by atoms with Gasteiger partial charge in [0.25, 0.3) is 5.91 Å². The maximum absolute atomic E-state index is 13.1. The molecule has 1 aliphatic heterocycles. The molecule has 1 fully saturated rings. The van der Waals surface area contributed by atoms with Gasteiger partial charge in [0, 0.05) is 11.3 Å². The molecule has 0 atom stereocenters. The van der Waals surface area contributed by atoms with Gasteiger partial charge in [0.1, 0.15) is 5.60 Å². The number of hydrogen-bond donors (Lipinski definition) is 1. The number of carbonyl (C=O) groups excluding carboxylic acids is 2. The van der Waals surface area contributed by atoms with Crippen molar-refractivity contribution in [3.05, 3.63) is 40.5 Å². The van der Waals surface area contributed by atoms with E-state index in [0.29, 0.717) is 11.1 Å². The minimum atomic E-state index is -0.724. The molecule has 0 aromatic heterocycles. The van der Waals surface area contributed by atoms with E-state index < -0.39 is 5.60 Å². The average molecular weight is 327 g/mol. The lowest BCUT2D eigenvalue weighted by molar-refractivity contribution is -0.148. The summed E-state index contributed by atoms with van der Waals surface area (Å²) in [4.78, 5) is 25.3. The number of benzene rings is 1. The van der Waals surface area contributed by atoms with Gasteiger partial charge in [-0.2, -0.15) is 0 Å². The molecule has 1 heterocycles. The lowest BCUT2D eigenvalue weighted by Gasteiger charge is -2.29. The first-order chi connectivity index (χ1) is 11.4. The molecule has 0 unspecified atom stereocenters.